The molecule has 0 aromatic heterocycles. The molecule has 0 radical (unpaired) electrons. The highest BCUT2D eigenvalue weighted by atomic mass is 16.3. The van der Waals surface area contributed by atoms with Gasteiger partial charge in [-0.05, 0) is 37.5 Å². The Morgan fingerprint density at radius 1 is 1.25 bits per heavy atom. The average Bonchev–Trinajstić information content (AvgIpc) is 2.87. The predicted molar refractivity (Wildman–Crippen MR) is 49.9 cm³/mol. The molecule has 1 heteroatoms. The van der Waals surface area contributed by atoms with Gasteiger partial charge in [-0.2, -0.15) is 0 Å². The molecule has 2 saturated carbocycles. The molecule has 1 nitrogen and oxygen atoms in total. The molecule has 2 unspecified atom stereocenters. The maximum Gasteiger partial charge on any atom is 0.0703 e. The lowest BCUT2D eigenvalue weighted by Crippen LogP contribution is -2.42. The monoisotopic (exact) mass is 168 g/mol. The van der Waals surface area contributed by atoms with Crippen LogP contribution in [0.1, 0.15) is 51.9 Å². The predicted octanol–water partition coefficient (Wildman–Crippen LogP) is 2.73. The molecule has 70 valence electrons. The molecule has 0 amide bonds. The van der Waals surface area contributed by atoms with Crippen LogP contribution in [0.2, 0.25) is 0 Å². The number of rotatable bonds is 2. The van der Waals surface area contributed by atoms with Crippen LogP contribution in [0.5, 0.6) is 0 Å². The molecule has 12 heavy (non-hydrogen) atoms. The van der Waals surface area contributed by atoms with Crippen LogP contribution >= 0.6 is 0 Å². The molecule has 0 spiro atoms. The summed E-state index contributed by atoms with van der Waals surface area (Å²) >= 11 is 0. The Bertz CT molecular complexity index is 162. The normalized spacial score (nSPS) is 43.0. The molecule has 0 saturated heterocycles. The van der Waals surface area contributed by atoms with Gasteiger partial charge >= 0.3 is 0 Å². The first kappa shape index (κ1) is 8.55. The Morgan fingerprint density at radius 3 is 2.58 bits per heavy atom. The highest BCUT2D eigenvalue weighted by Crippen LogP contribution is 2.50. The lowest BCUT2D eigenvalue weighted by Gasteiger charge is -2.40. The fourth-order valence-corrected chi connectivity index (χ4v) is 2.93. The largest absolute Gasteiger partial charge is 0.389 e. The van der Waals surface area contributed by atoms with Crippen LogP contribution in [0, 0.1) is 11.8 Å². The van der Waals surface area contributed by atoms with E-state index in [1.54, 1.807) is 0 Å². The standard InChI is InChI=1S/C11H20O/c1-2-9-5-3-4-8-11(9,12)10-6-7-10/h9-10,12H,2-8H2,1H3. The zero-order chi connectivity index (χ0) is 8.60. The first-order chi connectivity index (χ1) is 5.77. The van der Waals surface area contributed by atoms with Crippen molar-refractivity contribution in [3.05, 3.63) is 0 Å². The second kappa shape index (κ2) is 3.02. The van der Waals surface area contributed by atoms with Gasteiger partial charge in [0, 0.05) is 0 Å². The summed E-state index contributed by atoms with van der Waals surface area (Å²) in [6, 6.07) is 0. The summed E-state index contributed by atoms with van der Waals surface area (Å²) in [6.45, 7) is 2.23. The van der Waals surface area contributed by atoms with Crippen LogP contribution in [-0.4, -0.2) is 10.7 Å². The van der Waals surface area contributed by atoms with Gasteiger partial charge in [-0.25, -0.2) is 0 Å². The first-order valence-corrected chi connectivity index (χ1v) is 5.49. The fraction of sp³-hybridized carbons (Fsp3) is 1.00. The van der Waals surface area contributed by atoms with E-state index in [1.807, 2.05) is 0 Å². The van der Waals surface area contributed by atoms with Crippen LogP contribution in [0.25, 0.3) is 0 Å². The average molecular weight is 168 g/mol. The van der Waals surface area contributed by atoms with Crippen molar-refractivity contribution in [2.45, 2.75) is 57.5 Å². The summed E-state index contributed by atoms with van der Waals surface area (Å²) in [5.74, 6) is 1.28. The molecule has 2 aliphatic rings. The van der Waals surface area contributed by atoms with Gasteiger partial charge in [-0.3, -0.25) is 0 Å². The van der Waals surface area contributed by atoms with Crippen LogP contribution in [0.15, 0.2) is 0 Å². The summed E-state index contributed by atoms with van der Waals surface area (Å²) in [5.41, 5.74) is -0.243. The van der Waals surface area contributed by atoms with Gasteiger partial charge in [-0.15, -0.1) is 0 Å². The van der Waals surface area contributed by atoms with Gasteiger partial charge in [0.15, 0.2) is 0 Å². The van der Waals surface area contributed by atoms with E-state index in [2.05, 4.69) is 6.92 Å². The van der Waals surface area contributed by atoms with Crippen molar-refractivity contribution >= 4 is 0 Å². The molecule has 0 bridgehead atoms. The Morgan fingerprint density at radius 2 is 2.00 bits per heavy atom. The summed E-state index contributed by atoms with van der Waals surface area (Å²) in [6.07, 6.45) is 8.68. The van der Waals surface area contributed by atoms with E-state index in [-0.39, 0.29) is 5.60 Å². The van der Waals surface area contributed by atoms with E-state index in [9.17, 15) is 5.11 Å². The Balaban J connectivity index is 2.07. The third kappa shape index (κ3) is 1.28. The molecule has 2 fully saturated rings. The minimum absolute atomic E-state index is 0.243. The van der Waals surface area contributed by atoms with Gasteiger partial charge in [-0.1, -0.05) is 26.2 Å². The molecule has 2 atom stereocenters. The van der Waals surface area contributed by atoms with Gasteiger partial charge in [0.05, 0.1) is 5.60 Å². The van der Waals surface area contributed by atoms with E-state index in [1.165, 1.54) is 38.5 Å². The first-order valence-electron chi connectivity index (χ1n) is 5.49. The second-order valence-electron chi connectivity index (χ2n) is 4.62. The minimum atomic E-state index is -0.243. The summed E-state index contributed by atoms with van der Waals surface area (Å²) in [7, 11) is 0. The van der Waals surface area contributed by atoms with Crippen molar-refractivity contribution in [1.29, 1.82) is 0 Å². The lowest BCUT2D eigenvalue weighted by molar-refractivity contribution is -0.0682. The highest BCUT2D eigenvalue weighted by molar-refractivity contribution is 5.00. The summed E-state index contributed by atoms with van der Waals surface area (Å²) in [5, 5.41) is 10.5. The zero-order valence-electron chi connectivity index (χ0n) is 8.05. The van der Waals surface area contributed by atoms with Crippen molar-refractivity contribution < 1.29 is 5.11 Å². The topological polar surface area (TPSA) is 20.2 Å². The van der Waals surface area contributed by atoms with Gasteiger partial charge in [0.25, 0.3) is 0 Å². The van der Waals surface area contributed by atoms with Gasteiger partial charge < -0.3 is 5.11 Å². The van der Waals surface area contributed by atoms with Crippen LogP contribution < -0.4 is 0 Å². The van der Waals surface area contributed by atoms with E-state index in [0.29, 0.717) is 11.8 Å². The molecule has 0 aromatic rings. The molecule has 0 heterocycles. The van der Waals surface area contributed by atoms with Crippen molar-refractivity contribution in [3.63, 3.8) is 0 Å². The molecular weight excluding hydrogens is 148 g/mol. The molecule has 2 aliphatic carbocycles. The molecule has 0 aromatic carbocycles. The van der Waals surface area contributed by atoms with E-state index in [0.717, 1.165) is 6.42 Å². The van der Waals surface area contributed by atoms with Crippen LogP contribution in [-0.2, 0) is 0 Å². The second-order valence-corrected chi connectivity index (χ2v) is 4.62. The SMILES string of the molecule is CCC1CCCCC1(O)C1CC1. The Kier molecular flexibility index (Phi) is 2.16. The third-order valence-corrected chi connectivity index (χ3v) is 3.86. The third-order valence-electron chi connectivity index (χ3n) is 3.86. The smallest absolute Gasteiger partial charge is 0.0703 e. The zero-order valence-corrected chi connectivity index (χ0v) is 8.05. The highest BCUT2D eigenvalue weighted by Gasteiger charge is 2.48. The quantitative estimate of drug-likeness (QED) is 0.672. The minimum Gasteiger partial charge on any atom is -0.389 e. The van der Waals surface area contributed by atoms with Gasteiger partial charge in [0.1, 0.15) is 0 Å². The van der Waals surface area contributed by atoms with E-state index < -0.39 is 0 Å². The van der Waals surface area contributed by atoms with Crippen molar-refractivity contribution in [1.82, 2.24) is 0 Å². The van der Waals surface area contributed by atoms with Crippen molar-refractivity contribution in [3.8, 4) is 0 Å². The van der Waals surface area contributed by atoms with E-state index >= 15 is 0 Å². The molecule has 1 N–H and O–H groups in total. The van der Waals surface area contributed by atoms with Gasteiger partial charge in [0.2, 0.25) is 0 Å². The maximum absolute atomic E-state index is 10.5. The maximum atomic E-state index is 10.5. The fourth-order valence-electron chi connectivity index (χ4n) is 2.93. The van der Waals surface area contributed by atoms with Crippen LogP contribution in [0.4, 0.5) is 0 Å². The number of aliphatic hydroxyl groups is 1. The molecule has 0 aliphatic heterocycles. The summed E-state index contributed by atoms with van der Waals surface area (Å²) < 4.78 is 0. The van der Waals surface area contributed by atoms with E-state index in [4.69, 9.17) is 0 Å². The van der Waals surface area contributed by atoms with Crippen molar-refractivity contribution in [2.75, 3.05) is 0 Å². The molecule has 2 rings (SSSR count). The Labute approximate surface area is 75.2 Å². The Hall–Kier alpha value is -0.0400. The number of hydrogen-bond donors (Lipinski definition) is 1. The van der Waals surface area contributed by atoms with Crippen molar-refractivity contribution in [2.24, 2.45) is 11.8 Å². The van der Waals surface area contributed by atoms with Crippen LogP contribution in [0.3, 0.4) is 0 Å². The number of hydrogen-bond acceptors (Lipinski definition) is 1. The molecular formula is C11H20O. The lowest BCUT2D eigenvalue weighted by atomic mass is 9.71. The summed E-state index contributed by atoms with van der Waals surface area (Å²) in [4.78, 5) is 0.